The normalized spacial score (nSPS) is 13.2. The molecule has 8 rings (SSSR count). The van der Waals surface area contributed by atoms with Crippen LogP contribution < -0.4 is 5.32 Å². The van der Waals surface area contributed by atoms with Crippen LogP contribution in [-0.2, 0) is 33.0 Å². The first kappa shape index (κ1) is 56.7. The van der Waals surface area contributed by atoms with E-state index in [1.54, 1.807) is 6.08 Å². The SMILES string of the molecule is CC(C)(C)c1ccc(/C=C/c2cc(/C=C/c3ccc(C(C)(C)C)cc3)cc(/C=C/c3cc(/C=C/c4cc(/C=C/c5ccc(C(C)(C)C)cc5)cc(/C=C/c5ccc(C(C)(C)C)cc5)c4)cc(CNC(=O)C4=C=C=C=C4)c3)c2)cc1. The predicted molar refractivity (Wildman–Crippen MR) is 344 cm³/mol. The van der Waals surface area contributed by atoms with Crippen molar-refractivity contribution in [2.45, 2.75) is 111 Å². The molecule has 0 bridgehead atoms. The predicted octanol–water partition coefficient (Wildman–Crippen LogP) is 19.9. The number of amides is 1. The lowest BCUT2D eigenvalue weighted by molar-refractivity contribution is -0.117. The van der Waals surface area contributed by atoms with E-state index < -0.39 is 0 Å². The zero-order valence-electron chi connectivity index (χ0n) is 48.6. The Morgan fingerprint density at radius 1 is 0.342 bits per heavy atom. The lowest BCUT2D eigenvalue weighted by Crippen LogP contribution is -2.23. The fraction of sp³-hybridized carbons (Fsp3) is 0.221. The highest BCUT2D eigenvalue weighted by atomic mass is 16.1. The Morgan fingerprint density at radius 3 is 0.785 bits per heavy atom. The van der Waals surface area contributed by atoms with Gasteiger partial charge in [-0.25, -0.2) is 0 Å². The molecule has 7 aromatic carbocycles. The molecule has 7 aromatic rings. The standard InChI is InChI=1S/C77H77NO/c1-74(2,3)69-37-29-55(30-38-69)17-21-59-45-60(22-18-56-31-39-70(40-32-56)75(4,5)6)48-63(47-59)25-27-65-51-66(53-67(52-65)54-78-73(79)68-15-13-14-16-68)28-26-64-49-61(23-19-57-33-41-71(42-34-57)76(7,8)9)46-62(50-64)24-20-58-35-43-72(44-36-58)77(10,11)12/h15,17-53H,54H2,1-12H3,(H,78,79)/b21-17+,22-18+,23-19+,24-20+,27-25+,28-26+. The lowest BCUT2D eigenvalue weighted by atomic mass is 9.86. The van der Waals surface area contributed by atoms with Crippen LogP contribution in [0, 0.1) is 0 Å². The molecule has 0 atom stereocenters. The second kappa shape index (κ2) is 24.5. The summed E-state index contributed by atoms with van der Waals surface area (Å²) >= 11 is 0. The Bertz CT molecular complexity index is 3260. The van der Waals surface area contributed by atoms with Crippen molar-refractivity contribution in [3.63, 3.8) is 0 Å². The van der Waals surface area contributed by atoms with Gasteiger partial charge >= 0.3 is 0 Å². The van der Waals surface area contributed by atoms with E-state index in [2.05, 4.69) is 330 Å². The van der Waals surface area contributed by atoms with Crippen molar-refractivity contribution in [3.8, 4) is 0 Å². The summed E-state index contributed by atoms with van der Waals surface area (Å²) in [6.45, 7) is 27.3. The molecule has 0 fully saturated rings. The molecule has 79 heavy (non-hydrogen) atoms. The highest BCUT2D eigenvalue weighted by molar-refractivity contribution is 5.96. The van der Waals surface area contributed by atoms with E-state index >= 15 is 0 Å². The summed E-state index contributed by atoms with van der Waals surface area (Å²) in [5.41, 5.74) is 28.7. The van der Waals surface area contributed by atoms with E-state index in [4.69, 9.17) is 0 Å². The van der Waals surface area contributed by atoms with Gasteiger partial charge in [-0.05, 0) is 182 Å². The summed E-state index contributed by atoms with van der Waals surface area (Å²) in [4.78, 5) is 13.2. The van der Waals surface area contributed by atoms with Crippen LogP contribution in [0.25, 0.3) is 72.9 Å². The van der Waals surface area contributed by atoms with E-state index in [0.29, 0.717) is 12.1 Å². The first-order chi connectivity index (χ1) is 37.5. The van der Waals surface area contributed by atoms with Crippen LogP contribution in [0.1, 0.15) is 178 Å². The van der Waals surface area contributed by atoms with E-state index in [9.17, 15) is 4.79 Å². The van der Waals surface area contributed by atoms with Crippen LogP contribution in [0.15, 0.2) is 181 Å². The van der Waals surface area contributed by atoms with Crippen molar-refractivity contribution in [1.29, 1.82) is 0 Å². The Hall–Kier alpha value is -8.47. The van der Waals surface area contributed by atoms with Gasteiger partial charge < -0.3 is 5.32 Å². The average Bonchev–Trinajstić information content (AvgIpc) is 3.98. The molecule has 0 unspecified atom stereocenters. The van der Waals surface area contributed by atoms with Gasteiger partial charge in [0.1, 0.15) is 0 Å². The van der Waals surface area contributed by atoms with Gasteiger partial charge in [-0.1, -0.05) is 259 Å². The van der Waals surface area contributed by atoms with Crippen LogP contribution in [0.4, 0.5) is 0 Å². The Kier molecular flexibility index (Phi) is 17.6. The zero-order valence-corrected chi connectivity index (χ0v) is 48.6. The molecule has 2 heteroatoms. The number of rotatable bonds is 15. The molecule has 0 saturated carbocycles. The van der Waals surface area contributed by atoms with E-state index in [-0.39, 0.29) is 27.6 Å². The lowest BCUT2D eigenvalue weighted by Gasteiger charge is -2.18. The molecule has 0 aromatic heterocycles. The highest BCUT2D eigenvalue weighted by Gasteiger charge is 2.16. The fourth-order valence-corrected chi connectivity index (χ4v) is 9.20. The first-order valence-electron chi connectivity index (χ1n) is 27.7. The minimum Gasteiger partial charge on any atom is -0.347 e. The van der Waals surface area contributed by atoms with Crippen molar-refractivity contribution in [2.24, 2.45) is 0 Å². The highest BCUT2D eigenvalue weighted by Crippen LogP contribution is 2.28. The van der Waals surface area contributed by atoms with Crippen molar-refractivity contribution in [1.82, 2.24) is 5.32 Å². The number of carbonyl (C=O) groups is 1. The molecular formula is C77H77NO. The van der Waals surface area contributed by atoms with Crippen LogP contribution in [0.5, 0.6) is 0 Å². The largest absolute Gasteiger partial charge is 0.347 e. The Balaban J connectivity index is 1.14. The fourth-order valence-electron chi connectivity index (χ4n) is 9.20. The van der Waals surface area contributed by atoms with E-state index in [1.807, 2.05) is 0 Å². The summed E-state index contributed by atoms with van der Waals surface area (Å²) in [5.74, 6) is -0.211. The van der Waals surface area contributed by atoms with Crippen LogP contribution >= 0.6 is 0 Å². The monoisotopic (exact) mass is 1030 g/mol. The van der Waals surface area contributed by atoms with Gasteiger partial charge in [-0.2, -0.15) is 0 Å². The zero-order chi connectivity index (χ0) is 56.4. The molecule has 1 aliphatic rings. The number of benzene rings is 7. The van der Waals surface area contributed by atoms with Crippen LogP contribution in [-0.4, -0.2) is 5.91 Å². The average molecular weight is 1030 g/mol. The minimum absolute atomic E-state index is 0.0915. The molecule has 0 radical (unpaired) electrons. The number of nitrogens with one attached hydrogen (secondary N) is 1. The third-order valence-electron chi connectivity index (χ3n) is 14.1. The van der Waals surface area contributed by atoms with Gasteiger partial charge in [0, 0.05) is 12.6 Å². The van der Waals surface area contributed by atoms with Crippen LogP contribution in [0.2, 0.25) is 0 Å². The maximum Gasteiger partial charge on any atom is 0.260 e. The van der Waals surface area contributed by atoms with Crippen molar-refractivity contribution < 1.29 is 4.79 Å². The molecule has 1 N–H and O–H groups in total. The van der Waals surface area contributed by atoms with Crippen molar-refractivity contribution in [2.75, 3.05) is 0 Å². The van der Waals surface area contributed by atoms with Gasteiger partial charge in [0.25, 0.3) is 5.91 Å². The summed E-state index contributed by atoms with van der Waals surface area (Å²) in [5, 5.41) is 3.10. The number of hydrogen-bond donors (Lipinski definition) is 1. The van der Waals surface area contributed by atoms with E-state index in [0.717, 1.165) is 72.3 Å². The molecule has 0 heterocycles. The number of carbonyl (C=O) groups excluding carboxylic acids is 1. The maximum atomic E-state index is 13.2. The van der Waals surface area contributed by atoms with Gasteiger partial charge in [-0.3, -0.25) is 4.79 Å². The smallest absolute Gasteiger partial charge is 0.260 e. The van der Waals surface area contributed by atoms with Gasteiger partial charge in [0.15, 0.2) is 0 Å². The molecular weight excluding hydrogens is 955 g/mol. The Labute approximate surface area is 472 Å². The van der Waals surface area contributed by atoms with Gasteiger partial charge in [0.2, 0.25) is 0 Å². The molecule has 0 saturated heterocycles. The minimum atomic E-state index is -0.211. The second-order valence-electron chi connectivity index (χ2n) is 25.0. The molecule has 2 nitrogen and oxygen atoms in total. The summed E-state index contributed by atoms with van der Waals surface area (Å²) < 4.78 is 0. The molecule has 0 spiro atoms. The molecule has 0 aliphatic heterocycles. The second-order valence-corrected chi connectivity index (χ2v) is 25.0. The van der Waals surface area contributed by atoms with Gasteiger partial charge in [0.05, 0.1) is 5.57 Å². The topological polar surface area (TPSA) is 29.1 Å². The van der Waals surface area contributed by atoms with Crippen molar-refractivity contribution in [3.05, 3.63) is 275 Å². The summed E-state index contributed by atoms with van der Waals surface area (Å²) in [7, 11) is 0. The number of hydrogen-bond acceptors (Lipinski definition) is 1. The molecule has 1 amide bonds. The van der Waals surface area contributed by atoms with Crippen LogP contribution in [0.3, 0.4) is 0 Å². The quantitative estimate of drug-likeness (QED) is 0.0805. The molecule has 1 aliphatic carbocycles. The molecule has 396 valence electrons. The Morgan fingerprint density at radius 2 is 0.570 bits per heavy atom. The van der Waals surface area contributed by atoms with E-state index in [1.165, 1.54) is 22.3 Å². The summed E-state index contributed by atoms with van der Waals surface area (Å²) in [6, 6.07) is 55.3. The first-order valence-corrected chi connectivity index (χ1v) is 27.7. The maximum absolute atomic E-state index is 13.2. The van der Waals surface area contributed by atoms with Crippen molar-refractivity contribution >= 4 is 78.8 Å². The third-order valence-corrected chi connectivity index (χ3v) is 14.1. The van der Waals surface area contributed by atoms with Gasteiger partial charge in [-0.15, -0.1) is 0 Å². The summed E-state index contributed by atoms with van der Waals surface area (Å²) in [6.07, 6.45) is 27.9. The third kappa shape index (κ3) is 16.8.